The number of carbonyl (C=O) groups excluding carboxylic acids is 2. The van der Waals surface area contributed by atoms with Crippen LogP contribution in [0, 0.1) is 11.3 Å². The fourth-order valence-electron chi connectivity index (χ4n) is 2.56. The Labute approximate surface area is 161 Å². The highest BCUT2D eigenvalue weighted by molar-refractivity contribution is 7.61. The van der Waals surface area contributed by atoms with E-state index in [0.717, 1.165) is 5.69 Å². The van der Waals surface area contributed by atoms with Gasteiger partial charge in [-0.3, -0.25) is 9.59 Å². The summed E-state index contributed by atoms with van der Waals surface area (Å²) in [6, 6.07) is 7.18. The van der Waals surface area contributed by atoms with Gasteiger partial charge in [0.15, 0.2) is 6.04 Å². The van der Waals surface area contributed by atoms with Gasteiger partial charge in [0.25, 0.3) is 0 Å². The average molecular weight is 407 g/mol. The second-order valence-electron chi connectivity index (χ2n) is 5.88. The van der Waals surface area contributed by atoms with Crippen molar-refractivity contribution in [3.63, 3.8) is 0 Å². The molecule has 0 bridgehead atoms. The number of rotatable bonds is 7. The lowest BCUT2D eigenvalue weighted by Crippen LogP contribution is -2.53. The third kappa shape index (κ3) is 5.78. The molecule has 12 heteroatoms. The number of anilines is 1. The van der Waals surface area contributed by atoms with E-state index in [2.05, 4.69) is 9.68 Å². The minimum atomic E-state index is -2.91. The van der Waals surface area contributed by atoms with Crippen molar-refractivity contribution >= 4 is 34.0 Å². The monoisotopic (exact) mass is 407 g/mol. The van der Waals surface area contributed by atoms with Crippen molar-refractivity contribution in [1.29, 1.82) is 5.26 Å². The van der Waals surface area contributed by atoms with Crippen molar-refractivity contribution in [2.24, 2.45) is 4.36 Å². The molecule has 0 saturated carbocycles. The molecule has 2 amide bonds. The Balaban J connectivity index is 1.88. The fraction of sp³-hybridized carbons (Fsp3) is 0.375. The molecule has 0 unspecified atom stereocenters. The number of hydrogen-bond acceptors (Lipinski definition) is 8. The number of hydrogen-bond donors (Lipinski definition) is 2. The molecular formula is C16H17N5O6S. The summed E-state index contributed by atoms with van der Waals surface area (Å²) in [4.78, 5) is 38.3. The summed E-state index contributed by atoms with van der Waals surface area (Å²) in [7, 11) is -2.91. The number of carboxylic acids is 1. The van der Waals surface area contributed by atoms with Crippen molar-refractivity contribution < 1.29 is 27.9 Å². The largest absolute Gasteiger partial charge is 0.480 e. The molecule has 1 fully saturated rings. The number of nitriles is 1. The minimum absolute atomic E-state index is 0.0570. The van der Waals surface area contributed by atoms with Crippen LogP contribution < -0.4 is 10.2 Å². The predicted octanol–water partition coefficient (Wildman–Crippen LogP) is -1.16. The molecule has 1 aromatic carbocycles. The number of benzene rings is 1. The van der Waals surface area contributed by atoms with Crippen molar-refractivity contribution in [3.8, 4) is 6.07 Å². The topological polar surface area (TPSA) is 160 Å². The molecule has 1 aromatic rings. The first-order chi connectivity index (χ1) is 13.3. The maximum Gasteiger partial charge on any atom is 0.331 e. The number of aliphatic carboxylic acids is 1. The van der Waals surface area contributed by atoms with Gasteiger partial charge in [0.2, 0.25) is 11.8 Å². The summed E-state index contributed by atoms with van der Waals surface area (Å²) < 4.78 is 23.9. The highest BCUT2D eigenvalue weighted by atomic mass is 32.2. The maximum absolute atomic E-state index is 12.3. The molecule has 148 valence electrons. The van der Waals surface area contributed by atoms with Crippen LogP contribution in [0.4, 0.5) is 5.69 Å². The second kappa shape index (κ2) is 9.47. The van der Waals surface area contributed by atoms with Gasteiger partial charge >= 0.3 is 16.5 Å². The quantitative estimate of drug-likeness (QED) is 0.572. The lowest BCUT2D eigenvalue weighted by Gasteiger charge is -2.35. The first-order valence-electron chi connectivity index (χ1n) is 8.12. The number of carboxylic acid groups (broad SMARTS) is 1. The van der Waals surface area contributed by atoms with E-state index < -0.39 is 35.0 Å². The Hall–Kier alpha value is -3.46. The lowest BCUT2D eigenvalue weighted by molar-refractivity contribution is -0.139. The summed E-state index contributed by atoms with van der Waals surface area (Å²) in [5, 5.41) is 20.0. The van der Waals surface area contributed by atoms with Gasteiger partial charge in [0.05, 0.1) is 31.3 Å². The molecule has 0 aliphatic carbocycles. The van der Waals surface area contributed by atoms with Crippen molar-refractivity contribution in [1.82, 2.24) is 10.2 Å². The summed E-state index contributed by atoms with van der Waals surface area (Å²) in [5.41, 5.74) is 1.30. The van der Waals surface area contributed by atoms with Crippen molar-refractivity contribution in [2.45, 2.75) is 6.04 Å². The van der Waals surface area contributed by atoms with Crippen LogP contribution in [0.5, 0.6) is 0 Å². The number of amides is 2. The van der Waals surface area contributed by atoms with Gasteiger partial charge in [-0.15, -0.1) is 0 Å². The highest BCUT2D eigenvalue weighted by Gasteiger charge is 2.26. The van der Waals surface area contributed by atoms with Crippen LogP contribution in [0.3, 0.4) is 0 Å². The Morgan fingerprint density at radius 2 is 1.96 bits per heavy atom. The Kier molecular flexibility index (Phi) is 7.05. The first kappa shape index (κ1) is 20.8. The molecule has 1 atom stereocenters. The molecule has 1 aliphatic rings. The van der Waals surface area contributed by atoms with Crippen LogP contribution in [0.1, 0.15) is 5.56 Å². The third-order valence-electron chi connectivity index (χ3n) is 4.01. The standard InChI is InChI=1S/C16H17N5O6S/c17-7-11-1-3-12(4-2-11)20-5-6-21(15(23)10-20)9-14(22)18-8-13(16(24)25)19-28(26)27/h1-4,13H,5-6,8-10H2,(H,18,22)(H,24,25)/t13-/m0/s1. The number of nitrogens with zero attached hydrogens (tertiary/aromatic N) is 4. The van der Waals surface area contributed by atoms with Gasteiger partial charge in [-0.2, -0.15) is 18.0 Å². The molecule has 0 radical (unpaired) electrons. The predicted molar refractivity (Wildman–Crippen MR) is 95.7 cm³/mol. The van der Waals surface area contributed by atoms with Crippen molar-refractivity contribution in [2.75, 3.05) is 37.6 Å². The van der Waals surface area contributed by atoms with Gasteiger partial charge in [0, 0.05) is 18.8 Å². The lowest BCUT2D eigenvalue weighted by atomic mass is 10.2. The molecule has 2 rings (SSSR count). The molecular weight excluding hydrogens is 390 g/mol. The second-order valence-corrected chi connectivity index (χ2v) is 6.52. The van der Waals surface area contributed by atoms with Gasteiger partial charge < -0.3 is 20.2 Å². The first-order valence-corrected chi connectivity index (χ1v) is 9.16. The Morgan fingerprint density at radius 1 is 1.29 bits per heavy atom. The van der Waals surface area contributed by atoms with E-state index in [1.54, 1.807) is 24.3 Å². The van der Waals surface area contributed by atoms with E-state index >= 15 is 0 Å². The fourth-order valence-corrected chi connectivity index (χ4v) is 2.93. The van der Waals surface area contributed by atoms with E-state index in [0.29, 0.717) is 12.1 Å². The Morgan fingerprint density at radius 3 is 2.50 bits per heavy atom. The van der Waals surface area contributed by atoms with Crippen LogP contribution >= 0.6 is 0 Å². The zero-order valence-electron chi connectivity index (χ0n) is 14.6. The third-order valence-corrected chi connectivity index (χ3v) is 4.43. The summed E-state index contributed by atoms with van der Waals surface area (Å²) >= 11 is 0. The molecule has 2 N–H and O–H groups in total. The molecule has 11 nitrogen and oxygen atoms in total. The van der Waals surface area contributed by atoms with E-state index in [9.17, 15) is 22.8 Å². The van der Waals surface area contributed by atoms with Crippen molar-refractivity contribution in [3.05, 3.63) is 29.8 Å². The maximum atomic E-state index is 12.3. The van der Waals surface area contributed by atoms with Gasteiger partial charge in [-0.05, 0) is 24.3 Å². The van der Waals surface area contributed by atoms with Crippen LogP contribution in [-0.4, -0.2) is 75.0 Å². The highest BCUT2D eigenvalue weighted by Crippen LogP contribution is 2.17. The van der Waals surface area contributed by atoms with Gasteiger partial charge in [0.1, 0.15) is 0 Å². The van der Waals surface area contributed by atoms with E-state index in [1.165, 1.54) is 4.90 Å². The average Bonchev–Trinajstić information content (AvgIpc) is 2.66. The van der Waals surface area contributed by atoms with Gasteiger partial charge in [-0.25, -0.2) is 4.79 Å². The van der Waals surface area contributed by atoms with Crippen LogP contribution in [0.2, 0.25) is 0 Å². The molecule has 0 spiro atoms. The smallest absolute Gasteiger partial charge is 0.331 e. The molecule has 0 aromatic heterocycles. The summed E-state index contributed by atoms with van der Waals surface area (Å²) in [5.74, 6) is -2.39. The summed E-state index contributed by atoms with van der Waals surface area (Å²) in [6.07, 6.45) is 0. The van der Waals surface area contributed by atoms with Crippen LogP contribution in [-0.2, 0) is 24.9 Å². The minimum Gasteiger partial charge on any atom is -0.480 e. The molecule has 1 saturated heterocycles. The number of nitrogens with one attached hydrogen (secondary N) is 1. The molecule has 1 aliphatic heterocycles. The normalized spacial score (nSPS) is 14.8. The van der Waals surface area contributed by atoms with Crippen LogP contribution in [0.25, 0.3) is 0 Å². The number of piperazine rings is 1. The molecule has 1 heterocycles. The summed E-state index contributed by atoms with van der Waals surface area (Å²) in [6.45, 7) is 0.0482. The van der Waals surface area contributed by atoms with E-state index in [-0.39, 0.29) is 25.5 Å². The number of carbonyl (C=O) groups is 3. The zero-order chi connectivity index (χ0) is 20.7. The van der Waals surface area contributed by atoms with Gasteiger partial charge in [-0.1, -0.05) is 0 Å². The zero-order valence-corrected chi connectivity index (χ0v) is 15.4. The van der Waals surface area contributed by atoms with E-state index in [4.69, 9.17) is 10.4 Å². The molecule has 28 heavy (non-hydrogen) atoms. The van der Waals surface area contributed by atoms with Crippen LogP contribution in [0.15, 0.2) is 28.6 Å². The van der Waals surface area contributed by atoms with E-state index in [1.807, 2.05) is 11.0 Å². The Bertz CT molecular complexity index is 929. The SMILES string of the molecule is N#Cc1ccc(N2CCN(CC(=O)NC[C@H](N=S(=O)=O)C(=O)O)C(=O)C2)cc1.